The Labute approximate surface area is 131 Å². The molecule has 1 heterocycles. The van der Waals surface area contributed by atoms with Crippen LogP contribution in [0, 0.1) is 0 Å². The molecule has 118 valence electrons. The zero-order chi connectivity index (χ0) is 16.3. The first-order chi connectivity index (χ1) is 10.3. The minimum Gasteiger partial charge on any atom is -0.362 e. The van der Waals surface area contributed by atoms with Crippen molar-refractivity contribution < 1.29 is 4.79 Å². The predicted octanol–water partition coefficient (Wildman–Crippen LogP) is 3.10. The Morgan fingerprint density at radius 2 is 2.18 bits per heavy atom. The SMILES string of the molecule is CCCN1c2ccc(/C=N\NC(N)=O)cc2C(C)=CC1(C)C. The second-order valence-electron chi connectivity index (χ2n) is 6.14. The fourth-order valence-electron chi connectivity index (χ4n) is 2.98. The Bertz CT molecular complexity index is 632. The maximum Gasteiger partial charge on any atom is 0.332 e. The maximum atomic E-state index is 10.6. The number of rotatable bonds is 4. The summed E-state index contributed by atoms with van der Waals surface area (Å²) < 4.78 is 0. The second kappa shape index (κ2) is 6.22. The summed E-state index contributed by atoms with van der Waals surface area (Å²) in [4.78, 5) is 13.1. The van der Waals surface area contributed by atoms with Crippen LogP contribution in [-0.2, 0) is 0 Å². The summed E-state index contributed by atoms with van der Waals surface area (Å²) in [5, 5.41) is 3.82. The lowest BCUT2D eigenvalue weighted by Gasteiger charge is -2.43. The number of hydrazone groups is 1. The van der Waals surface area contributed by atoms with Gasteiger partial charge >= 0.3 is 6.03 Å². The van der Waals surface area contributed by atoms with Crippen molar-refractivity contribution in [3.63, 3.8) is 0 Å². The minimum absolute atomic E-state index is 0.0101. The number of urea groups is 1. The molecule has 0 unspecified atom stereocenters. The number of nitrogens with two attached hydrogens (primary N) is 1. The van der Waals surface area contributed by atoms with Gasteiger partial charge in [-0.3, -0.25) is 0 Å². The zero-order valence-electron chi connectivity index (χ0n) is 13.7. The highest BCUT2D eigenvalue weighted by Crippen LogP contribution is 2.39. The molecule has 0 saturated carbocycles. The van der Waals surface area contributed by atoms with E-state index in [1.54, 1.807) is 6.21 Å². The number of amides is 2. The number of carbonyl (C=O) groups is 1. The normalized spacial score (nSPS) is 16.4. The zero-order valence-corrected chi connectivity index (χ0v) is 13.7. The maximum absolute atomic E-state index is 10.6. The van der Waals surface area contributed by atoms with Crippen LogP contribution in [0.15, 0.2) is 29.4 Å². The highest BCUT2D eigenvalue weighted by atomic mass is 16.2. The lowest BCUT2D eigenvalue weighted by Crippen LogP contribution is -2.45. The number of carbonyl (C=O) groups excluding carboxylic acids is 1. The van der Waals surface area contributed by atoms with Gasteiger partial charge in [-0.05, 0) is 50.5 Å². The lowest BCUT2D eigenvalue weighted by atomic mass is 9.88. The van der Waals surface area contributed by atoms with E-state index in [9.17, 15) is 4.79 Å². The molecule has 0 spiro atoms. The first kappa shape index (κ1) is 16.1. The van der Waals surface area contributed by atoms with Gasteiger partial charge in [0.05, 0.1) is 11.8 Å². The molecule has 1 aromatic carbocycles. The van der Waals surface area contributed by atoms with Crippen molar-refractivity contribution in [2.24, 2.45) is 10.8 Å². The van der Waals surface area contributed by atoms with Crippen molar-refractivity contribution in [2.45, 2.75) is 39.7 Å². The Kier molecular flexibility index (Phi) is 4.54. The number of nitrogens with one attached hydrogen (secondary N) is 1. The van der Waals surface area contributed by atoms with Crippen molar-refractivity contribution in [2.75, 3.05) is 11.4 Å². The van der Waals surface area contributed by atoms with Crippen LogP contribution in [0.3, 0.4) is 0 Å². The van der Waals surface area contributed by atoms with Gasteiger partial charge in [-0.2, -0.15) is 5.10 Å². The van der Waals surface area contributed by atoms with Crippen LogP contribution in [0.25, 0.3) is 5.57 Å². The van der Waals surface area contributed by atoms with E-state index in [-0.39, 0.29) is 5.54 Å². The molecule has 2 rings (SSSR count). The summed E-state index contributed by atoms with van der Waals surface area (Å²) >= 11 is 0. The van der Waals surface area contributed by atoms with Crippen molar-refractivity contribution in [1.29, 1.82) is 0 Å². The molecule has 0 aliphatic carbocycles. The third-order valence-electron chi connectivity index (χ3n) is 3.84. The van der Waals surface area contributed by atoms with E-state index in [0.29, 0.717) is 0 Å². The summed E-state index contributed by atoms with van der Waals surface area (Å²) in [5.74, 6) is 0. The Morgan fingerprint density at radius 1 is 1.45 bits per heavy atom. The standard InChI is InChI=1S/C17H24N4O/c1-5-8-21-15-7-6-13(11-19-20-16(18)22)9-14(15)12(2)10-17(21,3)4/h6-7,9-11H,5,8H2,1-4H3,(H3,18,20,22)/b19-11-. The van der Waals surface area contributed by atoms with Crippen LogP contribution in [0.1, 0.15) is 45.2 Å². The molecule has 0 atom stereocenters. The molecule has 3 N–H and O–H groups in total. The van der Waals surface area contributed by atoms with Crippen LogP contribution in [0.4, 0.5) is 10.5 Å². The van der Waals surface area contributed by atoms with Crippen LogP contribution in [0.2, 0.25) is 0 Å². The molecule has 5 nitrogen and oxygen atoms in total. The third-order valence-corrected chi connectivity index (χ3v) is 3.84. The smallest absolute Gasteiger partial charge is 0.332 e. The number of nitrogens with zero attached hydrogens (tertiary/aromatic N) is 2. The van der Waals surface area contributed by atoms with Crippen LogP contribution in [0.5, 0.6) is 0 Å². The van der Waals surface area contributed by atoms with E-state index in [4.69, 9.17) is 5.73 Å². The number of benzene rings is 1. The van der Waals surface area contributed by atoms with Crippen LogP contribution in [-0.4, -0.2) is 24.3 Å². The molecule has 0 aromatic heterocycles. The minimum atomic E-state index is -0.666. The molecule has 0 bridgehead atoms. The van der Waals surface area contributed by atoms with Gasteiger partial charge in [0.25, 0.3) is 0 Å². The van der Waals surface area contributed by atoms with Crippen molar-refractivity contribution in [1.82, 2.24) is 5.43 Å². The fourth-order valence-corrected chi connectivity index (χ4v) is 2.98. The van der Waals surface area contributed by atoms with E-state index in [1.165, 1.54) is 16.8 Å². The molecule has 1 aliphatic rings. The molecule has 0 fully saturated rings. The first-order valence-electron chi connectivity index (χ1n) is 7.55. The monoisotopic (exact) mass is 300 g/mol. The number of fused-ring (bicyclic) bond motifs is 1. The van der Waals surface area contributed by atoms with Crippen molar-refractivity contribution >= 4 is 23.5 Å². The van der Waals surface area contributed by atoms with Crippen LogP contribution < -0.4 is 16.1 Å². The Morgan fingerprint density at radius 3 is 2.82 bits per heavy atom. The summed E-state index contributed by atoms with van der Waals surface area (Å²) in [6, 6.07) is 5.55. The van der Waals surface area contributed by atoms with E-state index in [1.807, 2.05) is 6.07 Å². The molecule has 1 aliphatic heterocycles. The molecule has 22 heavy (non-hydrogen) atoms. The molecule has 5 heteroatoms. The molecule has 2 amide bonds. The van der Waals surface area contributed by atoms with Crippen LogP contribution >= 0.6 is 0 Å². The number of hydrogen-bond donors (Lipinski definition) is 2. The number of hydrogen-bond acceptors (Lipinski definition) is 3. The Hall–Kier alpha value is -2.30. The average molecular weight is 300 g/mol. The van der Waals surface area contributed by atoms with Gasteiger partial charge in [-0.25, -0.2) is 10.2 Å². The summed E-state index contributed by atoms with van der Waals surface area (Å²) in [5.41, 5.74) is 11.8. The number of anilines is 1. The molecular weight excluding hydrogens is 276 g/mol. The predicted molar refractivity (Wildman–Crippen MR) is 92.1 cm³/mol. The number of allylic oxidation sites excluding steroid dienone is 1. The molecular formula is C17H24N4O. The Balaban J connectivity index is 2.38. The highest BCUT2D eigenvalue weighted by Gasteiger charge is 2.30. The highest BCUT2D eigenvalue weighted by molar-refractivity contribution is 5.88. The van der Waals surface area contributed by atoms with Gasteiger partial charge < -0.3 is 10.6 Å². The lowest BCUT2D eigenvalue weighted by molar-refractivity contribution is 0.249. The number of primary amides is 1. The fraction of sp³-hybridized carbons (Fsp3) is 0.412. The van der Waals surface area contributed by atoms with Gasteiger partial charge in [-0.15, -0.1) is 0 Å². The topological polar surface area (TPSA) is 70.7 Å². The van der Waals surface area contributed by atoms with Gasteiger partial charge in [-0.1, -0.05) is 19.1 Å². The molecule has 0 saturated heterocycles. The summed E-state index contributed by atoms with van der Waals surface area (Å²) in [6.07, 6.45) is 5.00. The largest absolute Gasteiger partial charge is 0.362 e. The van der Waals surface area contributed by atoms with Gasteiger partial charge in [0.15, 0.2) is 0 Å². The van der Waals surface area contributed by atoms with Gasteiger partial charge in [0.2, 0.25) is 0 Å². The quantitative estimate of drug-likeness (QED) is 0.662. The first-order valence-corrected chi connectivity index (χ1v) is 7.55. The van der Waals surface area contributed by atoms with E-state index in [0.717, 1.165) is 18.5 Å². The van der Waals surface area contributed by atoms with E-state index < -0.39 is 6.03 Å². The third kappa shape index (κ3) is 3.30. The summed E-state index contributed by atoms with van der Waals surface area (Å²) in [7, 11) is 0. The summed E-state index contributed by atoms with van der Waals surface area (Å²) in [6.45, 7) is 9.81. The van der Waals surface area contributed by atoms with Crippen molar-refractivity contribution in [3.8, 4) is 0 Å². The molecule has 0 radical (unpaired) electrons. The molecule has 1 aromatic rings. The van der Waals surface area contributed by atoms with Crippen molar-refractivity contribution in [3.05, 3.63) is 35.4 Å². The van der Waals surface area contributed by atoms with Gasteiger partial charge in [0, 0.05) is 17.8 Å². The average Bonchev–Trinajstić information content (AvgIpc) is 2.43. The van der Waals surface area contributed by atoms with E-state index in [2.05, 4.69) is 61.3 Å². The van der Waals surface area contributed by atoms with E-state index >= 15 is 0 Å². The van der Waals surface area contributed by atoms with Gasteiger partial charge in [0.1, 0.15) is 0 Å². The second-order valence-corrected chi connectivity index (χ2v) is 6.14.